The molecule has 2 heteroatoms. The number of hydrogen-bond acceptors (Lipinski definition) is 1. The fraction of sp³-hybridized carbons (Fsp3) is 1.00. The summed E-state index contributed by atoms with van der Waals surface area (Å²) in [7, 11) is 0. The average molecular weight is 325 g/mol. The van der Waals surface area contributed by atoms with Crippen molar-refractivity contribution >= 4 is 22.9 Å². The Labute approximate surface area is 110 Å². The molecule has 0 aromatic heterocycles. The molecule has 0 aromatic rings. The smallest absolute Gasteiger partial charge is 0.0271 e. The Morgan fingerprint density at radius 2 is 1.53 bits per heavy atom. The van der Waals surface area contributed by atoms with E-state index in [2.05, 4.69) is 74.9 Å². The summed E-state index contributed by atoms with van der Waals surface area (Å²) in [6, 6.07) is 0. The van der Waals surface area contributed by atoms with Gasteiger partial charge >= 0.3 is 0 Å². The van der Waals surface area contributed by atoms with Gasteiger partial charge in [0.15, 0.2) is 0 Å². The lowest BCUT2D eigenvalue weighted by molar-refractivity contribution is 0.144. The third-order valence-corrected chi connectivity index (χ3v) is 5.86. The maximum atomic E-state index is 3.47. The van der Waals surface area contributed by atoms with Crippen molar-refractivity contribution in [1.29, 1.82) is 0 Å². The van der Waals surface area contributed by atoms with Gasteiger partial charge in [0.1, 0.15) is 0 Å². The minimum Gasteiger partial charge on any atom is -0.255 e. The molecule has 0 saturated carbocycles. The van der Waals surface area contributed by atoms with Crippen LogP contribution >= 0.6 is 22.9 Å². The highest BCUT2D eigenvalue weighted by molar-refractivity contribution is 14.1. The maximum Gasteiger partial charge on any atom is 0.0271 e. The monoisotopic (exact) mass is 325 g/mol. The summed E-state index contributed by atoms with van der Waals surface area (Å²) in [4.78, 5) is 0. The van der Waals surface area contributed by atoms with Crippen LogP contribution in [0.1, 0.15) is 54.9 Å². The van der Waals surface area contributed by atoms with E-state index in [-0.39, 0.29) is 5.54 Å². The van der Waals surface area contributed by atoms with Crippen molar-refractivity contribution in [3.8, 4) is 0 Å². The second-order valence-corrected chi connectivity index (χ2v) is 6.16. The Morgan fingerprint density at radius 3 is 1.80 bits per heavy atom. The summed E-state index contributed by atoms with van der Waals surface area (Å²) < 4.78 is 3.47. The molecule has 0 aliphatic heterocycles. The van der Waals surface area contributed by atoms with Gasteiger partial charge in [-0.25, -0.2) is 0 Å². The topological polar surface area (TPSA) is 12.0 Å². The van der Waals surface area contributed by atoms with Gasteiger partial charge in [-0.15, -0.1) is 0 Å². The fourth-order valence-electron chi connectivity index (χ4n) is 2.12. The van der Waals surface area contributed by atoms with Crippen LogP contribution < -0.4 is 3.53 Å². The molecule has 0 radical (unpaired) electrons. The van der Waals surface area contributed by atoms with Crippen molar-refractivity contribution in [2.45, 2.75) is 60.4 Å². The summed E-state index contributed by atoms with van der Waals surface area (Å²) in [5.74, 6) is 3.03. The van der Waals surface area contributed by atoms with Gasteiger partial charge in [0, 0.05) is 28.4 Å². The van der Waals surface area contributed by atoms with Crippen molar-refractivity contribution in [3.05, 3.63) is 0 Å². The van der Waals surface area contributed by atoms with Crippen LogP contribution in [0.4, 0.5) is 0 Å². The van der Waals surface area contributed by atoms with Gasteiger partial charge in [0.2, 0.25) is 0 Å². The molecule has 0 rings (SSSR count). The van der Waals surface area contributed by atoms with Crippen LogP contribution in [0.3, 0.4) is 0 Å². The quantitative estimate of drug-likeness (QED) is 0.553. The highest BCUT2D eigenvalue weighted by Crippen LogP contribution is 2.35. The predicted molar refractivity (Wildman–Crippen MR) is 78.2 cm³/mol. The molecule has 0 bridgehead atoms. The van der Waals surface area contributed by atoms with Crippen molar-refractivity contribution in [2.75, 3.05) is 0 Å². The Kier molecular flexibility index (Phi) is 6.73. The van der Waals surface area contributed by atoms with E-state index in [9.17, 15) is 0 Å². The van der Waals surface area contributed by atoms with E-state index in [4.69, 9.17) is 0 Å². The van der Waals surface area contributed by atoms with Crippen LogP contribution in [0.5, 0.6) is 0 Å². The first-order valence-electron chi connectivity index (χ1n) is 6.18. The van der Waals surface area contributed by atoms with Crippen molar-refractivity contribution in [3.63, 3.8) is 0 Å². The normalized spacial score (nSPS) is 22.2. The van der Waals surface area contributed by atoms with E-state index in [1.54, 1.807) is 0 Å². The first-order chi connectivity index (χ1) is 6.80. The molecule has 0 aromatic carbocycles. The Balaban J connectivity index is 4.61. The van der Waals surface area contributed by atoms with E-state index in [0.29, 0.717) is 5.92 Å². The summed E-state index contributed by atoms with van der Waals surface area (Å²) in [5.41, 5.74) is 0.267. The van der Waals surface area contributed by atoms with Gasteiger partial charge < -0.3 is 0 Å². The van der Waals surface area contributed by atoms with Crippen LogP contribution in [0.25, 0.3) is 0 Å². The molecule has 4 atom stereocenters. The van der Waals surface area contributed by atoms with Crippen molar-refractivity contribution in [2.24, 2.45) is 23.7 Å². The lowest BCUT2D eigenvalue weighted by Gasteiger charge is -2.40. The molecular formula is C13H28IN. The first-order valence-corrected chi connectivity index (χ1v) is 7.25. The molecule has 15 heavy (non-hydrogen) atoms. The fourth-order valence-corrected chi connectivity index (χ4v) is 2.99. The first kappa shape index (κ1) is 15.7. The summed E-state index contributed by atoms with van der Waals surface area (Å²) in [6.07, 6.45) is 1.19. The average Bonchev–Trinajstić information content (AvgIpc) is 2.24. The van der Waals surface area contributed by atoms with E-state index < -0.39 is 0 Å². The second-order valence-electron chi connectivity index (χ2n) is 5.62. The third-order valence-electron chi connectivity index (χ3n) is 4.62. The SMILES string of the molecule is CCC(C)(NI)C(C)C(C)C(C)C(C)C. The standard InChI is InChI=1S/C13H28IN/c1-8-13(7,15-14)12(6)11(5)10(4)9(2)3/h9-12,15H,8H2,1-7H3. The maximum absolute atomic E-state index is 3.47. The molecule has 0 aliphatic carbocycles. The Hall–Kier alpha value is 0.690. The molecule has 92 valence electrons. The van der Waals surface area contributed by atoms with E-state index in [0.717, 1.165) is 17.8 Å². The zero-order valence-electron chi connectivity index (χ0n) is 11.4. The molecule has 0 heterocycles. The predicted octanol–water partition coefficient (Wildman–Crippen LogP) is 4.66. The van der Waals surface area contributed by atoms with Gasteiger partial charge in [-0.05, 0) is 37.0 Å². The number of halogens is 1. The molecule has 0 aliphatic rings. The van der Waals surface area contributed by atoms with Crippen LogP contribution in [-0.4, -0.2) is 5.54 Å². The zero-order chi connectivity index (χ0) is 12.2. The van der Waals surface area contributed by atoms with Crippen LogP contribution in [0.2, 0.25) is 0 Å². The lowest BCUT2D eigenvalue weighted by atomic mass is 9.70. The van der Waals surface area contributed by atoms with Crippen LogP contribution in [0, 0.1) is 23.7 Å². The number of nitrogens with one attached hydrogen (secondary N) is 1. The number of rotatable bonds is 6. The largest absolute Gasteiger partial charge is 0.255 e. The molecule has 0 saturated heterocycles. The van der Waals surface area contributed by atoms with Gasteiger partial charge in [-0.3, -0.25) is 3.53 Å². The Morgan fingerprint density at radius 1 is 1.07 bits per heavy atom. The summed E-state index contributed by atoms with van der Waals surface area (Å²) in [6.45, 7) is 16.4. The Bertz CT molecular complexity index is 175. The van der Waals surface area contributed by atoms with Gasteiger partial charge in [-0.1, -0.05) is 41.5 Å². The summed E-state index contributed by atoms with van der Waals surface area (Å²) >= 11 is 2.31. The highest BCUT2D eigenvalue weighted by atomic mass is 127. The minimum absolute atomic E-state index is 0.267. The van der Waals surface area contributed by atoms with Gasteiger partial charge in [0.25, 0.3) is 0 Å². The lowest BCUT2D eigenvalue weighted by Crippen LogP contribution is -2.46. The third kappa shape index (κ3) is 3.88. The molecule has 0 spiro atoms. The van der Waals surface area contributed by atoms with Gasteiger partial charge in [-0.2, -0.15) is 0 Å². The molecular weight excluding hydrogens is 297 g/mol. The molecule has 1 nitrogen and oxygen atoms in total. The van der Waals surface area contributed by atoms with E-state index in [1.807, 2.05) is 0 Å². The number of hydrogen-bond donors (Lipinski definition) is 1. The van der Waals surface area contributed by atoms with E-state index >= 15 is 0 Å². The van der Waals surface area contributed by atoms with E-state index in [1.165, 1.54) is 6.42 Å². The molecule has 0 fully saturated rings. The molecule has 1 N–H and O–H groups in total. The zero-order valence-corrected chi connectivity index (χ0v) is 13.6. The van der Waals surface area contributed by atoms with Crippen LogP contribution in [-0.2, 0) is 0 Å². The highest BCUT2D eigenvalue weighted by Gasteiger charge is 2.34. The minimum atomic E-state index is 0.267. The summed E-state index contributed by atoms with van der Waals surface area (Å²) in [5, 5.41) is 0. The van der Waals surface area contributed by atoms with Crippen LogP contribution in [0.15, 0.2) is 0 Å². The molecule has 0 amide bonds. The second kappa shape index (κ2) is 6.43. The van der Waals surface area contributed by atoms with Crippen molar-refractivity contribution < 1.29 is 0 Å². The van der Waals surface area contributed by atoms with Crippen molar-refractivity contribution in [1.82, 2.24) is 3.53 Å². The van der Waals surface area contributed by atoms with Gasteiger partial charge in [0.05, 0.1) is 0 Å². The molecule has 4 unspecified atom stereocenters.